The summed E-state index contributed by atoms with van der Waals surface area (Å²) in [7, 11) is -4.13. The zero-order valence-electron chi connectivity index (χ0n) is 21.8. The number of carboxylic acid groups (broad SMARTS) is 2. The fourth-order valence-corrected chi connectivity index (χ4v) is 5.43. The van der Waals surface area contributed by atoms with E-state index >= 15 is 0 Å². The van der Waals surface area contributed by atoms with Crippen molar-refractivity contribution in [1.29, 1.82) is 0 Å². The number of sulfone groups is 1. The molecule has 0 radical (unpaired) electrons. The van der Waals surface area contributed by atoms with Crippen LogP contribution >= 0.6 is 0 Å². The maximum absolute atomic E-state index is 13.4. The van der Waals surface area contributed by atoms with Crippen LogP contribution in [0.2, 0.25) is 0 Å². The van der Waals surface area contributed by atoms with Gasteiger partial charge in [-0.05, 0) is 74.5 Å². The molecule has 4 aromatic rings. The van der Waals surface area contributed by atoms with E-state index in [1.54, 1.807) is 26.0 Å². The molecule has 10 nitrogen and oxygen atoms in total. The van der Waals surface area contributed by atoms with E-state index in [-0.39, 0.29) is 43.4 Å². The fraction of sp³-hybridized carbons (Fsp3) is 0.0667. The van der Waals surface area contributed by atoms with Crippen LogP contribution in [0.15, 0.2) is 94.7 Å². The molecule has 0 saturated heterocycles. The van der Waals surface area contributed by atoms with E-state index in [0.717, 1.165) is 0 Å². The predicted octanol–water partition coefficient (Wildman–Crippen LogP) is 5.04. The van der Waals surface area contributed by atoms with E-state index in [1.807, 2.05) is 0 Å². The average molecular weight is 573 g/mol. The summed E-state index contributed by atoms with van der Waals surface area (Å²) >= 11 is 0. The van der Waals surface area contributed by atoms with Crippen molar-refractivity contribution in [1.82, 2.24) is 0 Å². The lowest BCUT2D eigenvalue weighted by molar-refractivity contribution is 0.0683. The highest BCUT2D eigenvalue weighted by Gasteiger charge is 2.22. The van der Waals surface area contributed by atoms with Gasteiger partial charge in [-0.25, -0.2) is 18.0 Å². The molecule has 0 aliphatic heterocycles. The standard InChI is InChI=1S/C30H24N2O8S/c1-17-9-11-23(29(35)36)25(13-17)27(33)31-19-5-3-7-21(15-19)41(39,40)22-8-4-6-20(16-22)32-28(34)26-14-18(2)10-12-24(26)30(37)38/h3-16H,1-2H3,(H,31,33)(H,32,34)(H,35,36)(H,37,38). The van der Waals surface area contributed by atoms with E-state index < -0.39 is 33.6 Å². The Morgan fingerprint density at radius 2 is 0.951 bits per heavy atom. The number of carboxylic acids is 2. The minimum atomic E-state index is -4.13. The van der Waals surface area contributed by atoms with Crippen molar-refractivity contribution in [2.45, 2.75) is 23.6 Å². The van der Waals surface area contributed by atoms with Crippen LogP contribution in [0.1, 0.15) is 52.6 Å². The Morgan fingerprint density at radius 3 is 1.32 bits per heavy atom. The number of carbonyl (C=O) groups is 4. The Hall–Kier alpha value is -5.29. The number of hydrogen-bond acceptors (Lipinski definition) is 6. The topological polar surface area (TPSA) is 167 Å². The van der Waals surface area contributed by atoms with Crippen LogP contribution in [-0.4, -0.2) is 42.4 Å². The Kier molecular flexibility index (Phi) is 8.01. The van der Waals surface area contributed by atoms with Gasteiger partial charge in [0.2, 0.25) is 9.84 Å². The quantitative estimate of drug-likeness (QED) is 0.228. The summed E-state index contributed by atoms with van der Waals surface area (Å²) in [6, 6.07) is 19.5. The van der Waals surface area contributed by atoms with Crippen molar-refractivity contribution >= 4 is 45.0 Å². The van der Waals surface area contributed by atoms with Crippen LogP contribution in [0, 0.1) is 13.8 Å². The van der Waals surface area contributed by atoms with Gasteiger partial charge in [-0.2, -0.15) is 0 Å². The van der Waals surface area contributed by atoms with Crippen LogP contribution in [0.25, 0.3) is 0 Å². The molecule has 208 valence electrons. The first kappa shape index (κ1) is 28.7. The van der Waals surface area contributed by atoms with Crippen molar-refractivity contribution in [2.24, 2.45) is 0 Å². The summed E-state index contributed by atoms with van der Waals surface area (Å²) in [6.07, 6.45) is 0. The fourth-order valence-electron chi connectivity index (χ4n) is 4.08. The van der Waals surface area contributed by atoms with Gasteiger partial charge in [-0.3, -0.25) is 9.59 Å². The van der Waals surface area contributed by atoms with E-state index in [1.165, 1.54) is 72.8 Å². The number of rotatable bonds is 8. The Morgan fingerprint density at radius 1 is 0.561 bits per heavy atom. The first-order valence-electron chi connectivity index (χ1n) is 12.1. The maximum atomic E-state index is 13.4. The summed E-state index contributed by atoms with van der Waals surface area (Å²) in [5.74, 6) is -4.00. The summed E-state index contributed by atoms with van der Waals surface area (Å²) in [5, 5.41) is 24.0. The number of amides is 2. The smallest absolute Gasteiger partial charge is 0.336 e. The van der Waals surface area contributed by atoms with Crippen LogP contribution < -0.4 is 10.6 Å². The van der Waals surface area contributed by atoms with Gasteiger partial charge in [0.25, 0.3) is 11.8 Å². The SMILES string of the molecule is Cc1ccc(C(=O)O)c(C(=O)Nc2cccc(S(=O)(=O)c3cccc(NC(=O)c4cc(C)ccc4C(=O)O)c3)c2)c1. The molecule has 11 heteroatoms. The molecule has 0 unspecified atom stereocenters. The summed E-state index contributed by atoms with van der Waals surface area (Å²) in [4.78, 5) is 48.5. The van der Waals surface area contributed by atoms with Crippen LogP contribution in [-0.2, 0) is 9.84 Å². The van der Waals surface area contributed by atoms with Gasteiger partial charge in [-0.15, -0.1) is 0 Å². The molecule has 0 aliphatic carbocycles. The first-order chi connectivity index (χ1) is 19.4. The molecule has 0 spiro atoms. The molecule has 0 aromatic heterocycles. The molecule has 0 heterocycles. The van der Waals surface area contributed by atoms with E-state index in [2.05, 4.69) is 10.6 Å². The second-order valence-corrected chi connectivity index (χ2v) is 11.1. The molecular formula is C30H24N2O8S. The lowest BCUT2D eigenvalue weighted by Gasteiger charge is -2.12. The van der Waals surface area contributed by atoms with Crippen LogP contribution in [0.5, 0.6) is 0 Å². The zero-order chi connectivity index (χ0) is 29.9. The average Bonchev–Trinajstić information content (AvgIpc) is 2.92. The molecule has 2 amide bonds. The molecule has 0 fully saturated rings. The van der Waals surface area contributed by atoms with Crippen molar-refractivity contribution in [2.75, 3.05) is 10.6 Å². The number of anilines is 2. The van der Waals surface area contributed by atoms with Gasteiger partial charge in [0.1, 0.15) is 0 Å². The minimum absolute atomic E-state index is 0.0751. The number of aryl methyl sites for hydroxylation is 2. The van der Waals surface area contributed by atoms with Gasteiger partial charge in [0.15, 0.2) is 0 Å². The molecular weight excluding hydrogens is 548 g/mol. The summed E-state index contributed by atoms with van der Waals surface area (Å²) in [5.41, 5.74) is 1.05. The third kappa shape index (κ3) is 6.31. The Bertz CT molecular complexity index is 1700. The van der Waals surface area contributed by atoms with Crippen LogP contribution in [0.4, 0.5) is 11.4 Å². The second kappa shape index (κ2) is 11.4. The van der Waals surface area contributed by atoms with Crippen molar-refractivity contribution in [3.05, 3.63) is 118 Å². The van der Waals surface area contributed by atoms with E-state index in [4.69, 9.17) is 0 Å². The maximum Gasteiger partial charge on any atom is 0.336 e. The van der Waals surface area contributed by atoms with Crippen LogP contribution in [0.3, 0.4) is 0 Å². The first-order valence-corrected chi connectivity index (χ1v) is 13.6. The third-order valence-corrected chi connectivity index (χ3v) is 7.85. The molecule has 0 aliphatic rings. The van der Waals surface area contributed by atoms with Gasteiger partial charge in [0, 0.05) is 11.4 Å². The lowest BCUT2D eigenvalue weighted by Crippen LogP contribution is -2.17. The number of hydrogen-bond donors (Lipinski definition) is 4. The van der Waals surface area contributed by atoms with Gasteiger partial charge >= 0.3 is 11.9 Å². The van der Waals surface area contributed by atoms with Crippen molar-refractivity contribution in [3.63, 3.8) is 0 Å². The largest absolute Gasteiger partial charge is 0.478 e. The molecule has 4 N–H and O–H groups in total. The van der Waals surface area contributed by atoms with Crippen molar-refractivity contribution in [3.8, 4) is 0 Å². The minimum Gasteiger partial charge on any atom is -0.478 e. The molecule has 41 heavy (non-hydrogen) atoms. The Labute approximate surface area is 235 Å². The highest BCUT2D eigenvalue weighted by molar-refractivity contribution is 7.91. The third-order valence-electron chi connectivity index (χ3n) is 6.10. The summed E-state index contributed by atoms with van der Waals surface area (Å²) in [6.45, 7) is 3.41. The van der Waals surface area contributed by atoms with Gasteiger partial charge in [0.05, 0.1) is 32.0 Å². The van der Waals surface area contributed by atoms with Gasteiger partial charge in [-0.1, -0.05) is 35.4 Å². The molecule has 0 bridgehead atoms. The number of carbonyl (C=O) groups excluding carboxylic acids is 2. The Balaban J connectivity index is 1.60. The number of benzene rings is 4. The van der Waals surface area contributed by atoms with E-state index in [0.29, 0.717) is 11.1 Å². The number of nitrogens with one attached hydrogen (secondary N) is 2. The predicted molar refractivity (Wildman–Crippen MR) is 151 cm³/mol. The second-order valence-electron chi connectivity index (χ2n) is 9.18. The summed E-state index contributed by atoms with van der Waals surface area (Å²) < 4.78 is 26.9. The zero-order valence-corrected chi connectivity index (χ0v) is 22.7. The highest BCUT2D eigenvalue weighted by atomic mass is 32.2. The molecule has 0 saturated carbocycles. The lowest BCUT2D eigenvalue weighted by atomic mass is 10.0. The van der Waals surface area contributed by atoms with E-state index in [9.17, 15) is 37.8 Å². The van der Waals surface area contributed by atoms with Crippen molar-refractivity contribution < 1.29 is 37.8 Å². The molecule has 4 rings (SSSR count). The normalized spacial score (nSPS) is 11.0. The van der Waals surface area contributed by atoms with Gasteiger partial charge < -0.3 is 20.8 Å². The molecule has 0 atom stereocenters. The number of aromatic carboxylic acids is 2. The highest BCUT2D eigenvalue weighted by Crippen LogP contribution is 2.26. The monoisotopic (exact) mass is 572 g/mol. The molecule has 4 aromatic carbocycles.